The maximum atomic E-state index is 5.45. The lowest BCUT2D eigenvalue weighted by molar-refractivity contribution is 0.316. The molecule has 0 amide bonds. The Morgan fingerprint density at radius 2 is 2.23 bits per heavy atom. The van der Waals surface area contributed by atoms with Crippen molar-refractivity contribution in [2.75, 3.05) is 13.6 Å². The average molecular weight is 180 g/mol. The zero-order chi connectivity index (χ0) is 9.68. The molecule has 0 aromatic carbocycles. The molecule has 0 atom stereocenters. The number of hydrogen-bond donors (Lipinski definition) is 1. The molecule has 0 aliphatic heterocycles. The summed E-state index contributed by atoms with van der Waals surface area (Å²) < 4.78 is 5.45. The van der Waals surface area contributed by atoms with Crippen LogP contribution in [0.1, 0.15) is 11.5 Å². The van der Waals surface area contributed by atoms with Crippen LogP contribution >= 0.6 is 0 Å². The molecular weight excluding hydrogens is 164 g/mol. The Morgan fingerprint density at radius 1 is 1.54 bits per heavy atom. The Kier molecular flexibility index (Phi) is 3.73. The summed E-state index contributed by atoms with van der Waals surface area (Å²) in [4.78, 5) is 2.12. The van der Waals surface area contributed by atoms with Crippen molar-refractivity contribution in [3.63, 3.8) is 0 Å². The fraction of sp³-hybridized carbons (Fsp3) is 0.400. The third kappa shape index (κ3) is 3.05. The van der Waals surface area contributed by atoms with Gasteiger partial charge >= 0.3 is 0 Å². The summed E-state index contributed by atoms with van der Waals surface area (Å²) in [5.41, 5.74) is 5.43. The molecule has 1 rings (SSSR count). The Labute approximate surface area is 78.8 Å². The van der Waals surface area contributed by atoms with E-state index in [0.29, 0.717) is 6.54 Å². The zero-order valence-electron chi connectivity index (χ0n) is 7.99. The van der Waals surface area contributed by atoms with Crippen LogP contribution in [0, 0.1) is 0 Å². The molecule has 0 saturated heterocycles. The van der Waals surface area contributed by atoms with Crippen molar-refractivity contribution in [2.45, 2.75) is 13.1 Å². The monoisotopic (exact) mass is 180 g/mol. The van der Waals surface area contributed by atoms with Crippen LogP contribution in [0.25, 0.3) is 0 Å². The van der Waals surface area contributed by atoms with Gasteiger partial charge in [0, 0.05) is 6.54 Å². The van der Waals surface area contributed by atoms with Gasteiger partial charge in [-0.05, 0) is 19.2 Å². The van der Waals surface area contributed by atoms with E-state index in [1.165, 1.54) is 0 Å². The first-order valence-corrected chi connectivity index (χ1v) is 4.33. The van der Waals surface area contributed by atoms with Gasteiger partial charge in [0.1, 0.15) is 11.5 Å². The second-order valence-electron chi connectivity index (χ2n) is 3.06. The minimum absolute atomic E-state index is 0.463. The fourth-order valence-electron chi connectivity index (χ4n) is 1.17. The predicted molar refractivity (Wildman–Crippen MR) is 53.1 cm³/mol. The molecule has 0 bridgehead atoms. The fourth-order valence-corrected chi connectivity index (χ4v) is 1.17. The highest BCUT2D eigenvalue weighted by Crippen LogP contribution is 2.08. The van der Waals surface area contributed by atoms with Gasteiger partial charge in [0.15, 0.2) is 0 Å². The molecule has 0 radical (unpaired) electrons. The standard InChI is InChI=1S/C10H16N2O/c1-3-6-12(2)8-10-5-4-9(7-11)13-10/h3-5H,1,6-8,11H2,2H3. The molecule has 0 spiro atoms. The number of likely N-dealkylation sites (N-methyl/N-ethyl adjacent to an activating group) is 1. The smallest absolute Gasteiger partial charge is 0.118 e. The van der Waals surface area contributed by atoms with E-state index >= 15 is 0 Å². The van der Waals surface area contributed by atoms with Gasteiger partial charge in [0.25, 0.3) is 0 Å². The Balaban J connectivity index is 2.48. The summed E-state index contributed by atoms with van der Waals surface area (Å²) in [5, 5.41) is 0. The van der Waals surface area contributed by atoms with Crippen molar-refractivity contribution in [3.8, 4) is 0 Å². The number of nitrogens with zero attached hydrogens (tertiary/aromatic N) is 1. The SMILES string of the molecule is C=CCN(C)Cc1ccc(CN)o1. The molecule has 0 aliphatic rings. The minimum atomic E-state index is 0.463. The van der Waals surface area contributed by atoms with E-state index in [0.717, 1.165) is 24.6 Å². The van der Waals surface area contributed by atoms with Gasteiger partial charge in [0.05, 0.1) is 13.1 Å². The lowest BCUT2D eigenvalue weighted by Gasteiger charge is -2.11. The van der Waals surface area contributed by atoms with Crippen LogP contribution in [0.2, 0.25) is 0 Å². The third-order valence-corrected chi connectivity index (χ3v) is 1.79. The highest BCUT2D eigenvalue weighted by molar-refractivity contribution is 5.06. The first-order chi connectivity index (χ1) is 6.26. The molecular formula is C10H16N2O. The number of furan rings is 1. The third-order valence-electron chi connectivity index (χ3n) is 1.79. The van der Waals surface area contributed by atoms with Gasteiger partial charge in [-0.1, -0.05) is 6.08 Å². The van der Waals surface area contributed by atoms with E-state index in [2.05, 4.69) is 11.5 Å². The highest BCUT2D eigenvalue weighted by Gasteiger charge is 2.02. The largest absolute Gasteiger partial charge is 0.463 e. The Bertz CT molecular complexity index is 268. The van der Waals surface area contributed by atoms with Gasteiger partial charge in [0.2, 0.25) is 0 Å². The van der Waals surface area contributed by atoms with Crippen molar-refractivity contribution < 1.29 is 4.42 Å². The molecule has 3 heteroatoms. The van der Waals surface area contributed by atoms with Gasteiger partial charge in [-0.15, -0.1) is 6.58 Å². The van der Waals surface area contributed by atoms with Crippen molar-refractivity contribution in [1.29, 1.82) is 0 Å². The predicted octanol–water partition coefficient (Wildman–Crippen LogP) is 1.36. The van der Waals surface area contributed by atoms with Crippen molar-refractivity contribution in [2.24, 2.45) is 5.73 Å². The topological polar surface area (TPSA) is 42.4 Å². The van der Waals surface area contributed by atoms with E-state index in [4.69, 9.17) is 10.2 Å². The van der Waals surface area contributed by atoms with Crippen LogP contribution in [-0.4, -0.2) is 18.5 Å². The van der Waals surface area contributed by atoms with Gasteiger partial charge < -0.3 is 10.2 Å². The summed E-state index contributed by atoms with van der Waals surface area (Å²) in [5.74, 6) is 1.78. The lowest BCUT2D eigenvalue weighted by Crippen LogP contribution is -2.16. The molecule has 0 aliphatic carbocycles. The molecule has 3 nitrogen and oxygen atoms in total. The van der Waals surface area contributed by atoms with Crippen LogP contribution < -0.4 is 5.73 Å². The molecule has 1 heterocycles. The summed E-state index contributed by atoms with van der Waals surface area (Å²) in [7, 11) is 2.02. The number of hydrogen-bond acceptors (Lipinski definition) is 3. The highest BCUT2D eigenvalue weighted by atomic mass is 16.3. The van der Waals surface area contributed by atoms with E-state index in [1.807, 2.05) is 25.3 Å². The average Bonchev–Trinajstić information content (AvgIpc) is 2.52. The Morgan fingerprint density at radius 3 is 2.77 bits per heavy atom. The summed E-state index contributed by atoms with van der Waals surface area (Å²) in [6, 6.07) is 3.87. The summed E-state index contributed by atoms with van der Waals surface area (Å²) >= 11 is 0. The van der Waals surface area contributed by atoms with E-state index in [1.54, 1.807) is 0 Å². The number of rotatable bonds is 5. The molecule has 2 N–H and O–H groups in total. The lowest BCUT2D eigenvalue weighted by atomic mass is 10.4. The zero-order valence-corrected chi connectivity index (χ0v) is 7.99. The first kappa shape index (κ1) is 10.0. The molecule has 72 valence electrons. The van der Waals surface area contributed by atoms with Gasteiger partial charge in [-0.3, -0.25) is 4.90 Å². The van der Waals surface area contributed by atoms with Gasteiger partial charge in [-0.2, -0.15) is 0 Å². The van der Waals surface area contributed by atoms with Crippen LogP contribution in [-0.2, 0) is 13.1 Å². The van der Waals surface area contributed by atoms with E-state index < -0.39 is 0 Å². The van der Waals surface area contributed by atoms with E-state index in [9.17, 15) is 0 Å². The normalized spacial score (nSPS) is 10.7. The van der Waals surface area contributed by atoms with Crippen LogP contribution in [0.5, 0.6) is 0 Å². The molecule has 1 aromatic heterocycles. The van der Waals surface area contributed by atoms with Crippen LogP contribution in [0.4, 0.5) is 0 Å². The second kappa shape index (κ2) is 4.84. The molecule has 13 heavy (non-hydrogen) atoms. The van der Waals surface area contributed by atoms with E-state index in [-0.39, 0.29) is 0 Å². The first-order valence-electron chi connectivity index (χ1n) is 4.33. The van der Waals surface area contributed by atoms with Crippen molar-refractivity contribution >= 4 is 0 Å². The van der Waals surface area contributed by atoms with Crippen LogP contribution in [0.3, 0.4) is 0 Å². The Hall–Kier alpha value is -1.06. The number of nitrogens with two attached hydrogens (primary N) is 1. The minimum Gasteiger partial charge on any atom is -0.463 e. The molecule has 1 aromatic rings. The molecule has 0 unspecified atom stereocenters. The summed E-state index contributed by atoms with van der Waals surface area (Å²) in [6.45, 7) is 5.79. The maximum absolute atomic E-state index is 5.45. The quantitative estimate of drug-likeness (QED) is 0.696. The summed E-state index contributed by atoms with van der Waals surface area (Å²) in [6.07, 6.45) is 1.87. The van der Waals surface area contributed by atoms with Crippen molar-refractivity contribution in [1.82, 2.24) is 4.90 Å². The molecule has 0 saturated carbocycles. The van der Waals surface area contributed by atoms with Crippen LogP contribution in [0.15, 0.2) is 29.2 Å². The maximum Gasteiger partial charge on any atom is 0.118 e. The van der Waals surface area contributed by atoms with Crippen molar-refractivity contribution in [3.05, 3.63) is 36.3 Å². The second-order valence-corrected chi connectivity index (χ2v) is 3.06. The van der Waals surface area contributed by atoms with Gasteiger partial charge in [-0.25, -0.2) is 0 Å². The molecule has 0 fully saturated rings.